The minimum atomic E-state index is -5.22. The van der Waals surface area contributed by atoms with E-state index in [0.717, 1.165) is 4.90 Å². The molecular formula is C38H30F6N2O5. The Labute approximate surface area is 287 Å². The van der Waals surface area contributed by atoms with Crippen LogP contribution in [0.5, 0.6) is 5.75 Å². The van der Waals surface area contributed by atoms with Crippen LogP contribution >= 0.6 is 0 Å². The summed E-state index contributed by atoms with van der Waals surface area (Å²) in [5.41, 5.74) is -4.13. The molecule has 6 unspecified atom stereocenters. The summed E-state index contributed by atoms with van der Waals surface area (Å²) < 4.78 is 82.7. The summed E-state index contributed by atoms with van der Waals surface area (Å²) in [7, 11) is 0. The van der Waals surface area contributed by atoms with Crippen LogP contribution in [0.1, 0.15) is 47.9 Å². The maximum absolute atomic E-state index is 14.5. The lowest BCUT2D eigenvalue weighted by Gasteiger charge is -2.49. The normalized spacial score (nSPS) is 27.7. The summed E-state index contributed by atoms with van der Waals surface area (Å²) >= 11 is 0. The summed E-state index contributed by atoms with van der Waals surface area (Å²) in [6, 6.07) is 13.8. The molecule has 6 atom stereocenters. The third-order valence-corrected chi connectivity index (χ3v) is 10.9. The largest absolute Gasteiger partial charge is 0.507 e. The van der Waals surface area contributed by atoms with Crippen LogP contribution in [0.25, 0.3) is 0 Å². The van der Waals surface area contributed by atoms with Crippen molar-refractivity contribution in [3.05, 3.63) is 113 Å². The van der Waals surface area contributed by atoms with Gasteiger partial charge in [0.25, 0.3) is 0 Å². The monoisotopic (exact) mass is 708 g/mol. The zero-order valence-corrected chi connectivity index (χ0v) is 27.0. The molecule has 0 aromatic heterocycles. The number of amides is 4. The number of phenols is 1. The van der Waals surface area contributed by atoms with Crippen molar-refractivity contribution in [3.63, 3.8) is 0 Å². The number of aromatic hydroxyl groups is 1. The first-order chi connectivity index (χ1) is 24.0. The van der Waals surface area contributed by atoms with Gasteiger partial charge in [0.15, 0.2) is 0 Å². The number of allylic oxidation sites excluding steroid dienone is 3. The Balaban J connectivity index is 1.38. The van der Waals surface area contributed by atoms with Gasteiger partial charge in [-0.1, -0.05) is 54.1 Å². The molecular weight excluding hydrogens is 678 g/mol. The Morgan fingerprint density at radius 3 is 2.08 bits per heavy atom. The summed E-state index contributed by atoms with van der Waals surface area (Å²) in [5.74, 6) is -8.62. The molecule has 7 nitrogen and oxygen atoms in total. The second-order valence-corrected chi connectivity index (χ2v) is 13.6. The Bertz CT molecular complexity index is 2010. The van der Waals surface area contributed by atoms with Gasteiger partial charge in [-0.3, -0.25) is 19.2 Å². The number of halogens is 6. The van der Waals surface area contributed by atoms with Gasteiger partial charge in [0.1, 0.15) is 5.75 Å². The number of fused-ring (bicyclic) bond motifs is 4. The number of phenolic OH excluding ortho intramolecular Hbond substituents is 1. The van der Waals surface area contributed by atoms with Gasteiger partial charge in [0, 0.05) is 11.5 Å². The number of rotatable bonds is 5. The van der Waals surface area contributed by atoms with Crippen LogP contribution in [-0.2, 0) is 38.0 Å². The quantitative estimate of drug-likeness (QED) is 0.168. The van der Waals surface area contributed by atoms with Crippen molar-refractivity contribution in [2.45, 2.75) is 44.5 Å². The molecule has 2 heterocycles. The van der Waals surface area contributed by atoms with Crippen LogP contribution < -0.4 is 9.80 Å². The number of benzene rings is 3. The number of anilines is 2. The highest BCUT2D eigenvalue weighted by Gasteiger charge is 2.68. The smallest absolute Gasteiger partial charge is 0.416 e. The summed E-state index contributed by atoms with van der Waals surface area (Å²) in [5, 5.41) is 11.6. The van der Waals surface area contributed by atoms with Crippen molar-refractivity contribution in [2.75, 3.05) is 9.80 Å². The minimum Gasteiger partial charge on any atom is -0.507 e. The number of carbonyl (C=O) groups excluding carboxylic acids is 4. The Morgan fingerprint density at radius 2 is 1.47 bits per heavy atom. The molecule has 7 rings (SSSR count). The van der Waals surface area contributed by atoms with Crippen LogP contribution in [-0.4, -0.2) is 28.7 Å². The average Bonchev–Trinajstić information content (AvgIpc) is 3.45. The van der Waals surface area contributed by atoms with E-state index in [9.17, 15) is 50.6 Å². The molecule has 2 saturated heterocycles. The van der Waals surface area contributed by atoms with Crippen molar-refractivity contribution in [1.82, 2.24) is 0 Å². The van der Waals surface area contributed by atoms with Gasteiger partial charge in [-0.25, -0.2) is 9.80 Å². The van der Waals surface area contributed by atoms with E-state index in [0.29, 0.717) is 39.4 Å². The molecule has 4 amide bonds. The molecule has 13 heteroatoms. The molecule has 3 aromatic carbocycles. The molecule has 4 aliphatic rings. The second-order valence-electron chi connectivity index (χ2n) is 13.6. The topological polar surface area (TPSA) is 95.0 Å². The van der Waals surface area contributed by atoms with Gasteiger partial charge in [-0.05, 0) is 68.0 Å². The van der Waals surface area contributed by atoms with Crippen molar-refractivity contribution < 1.29 is 50.6 Å². The molecule has 2 aliphatic carbocycles. The van der Waals surface area contributed by atoms with Crippen LogP contribution in [0, 0.1) is 29.1 Å². The lowest BCUT2D eigenvalue weighted by atomic mass is 9.51. The summed E-state index contributed by atoms with van der Waals surface area (Å²) in [6.45, 7) is 5.36. The lowest BCUT2D eigenvalue weighted by Crippen LogP contribution is -2.49. The van der Waals surface area contributed by atoms with Gasteiger partial charge in [-0.2, -0.15) is 26.3 Å². The van der Waals surface area contributed by atoms with Gasteiger partial charge in [0.05, 0.1) is 45.7 Å². The predicted octanol–water partition coefficient (Wildman–Crippen LogP) is 7.59. The van der Waals surface area contributed by atoms with Crippen molar-refractivity contribution in [2.24, 2.45) is 29.1 Å². The Hall–Kier alpha value is -5.20. The molecule has 0 bridgehead atoms. The lowest BCUT2D eigenvalue weighted by molar-refractivity contribution is -0.143. The van der Waals surface area contributed by atoms with E-state index < -0.39 is 87.8 Å². The number of nitrogens with zero attached hydrogens (tertiary/aromatic N) is 2. The average molecular weight is 709 g/mol. The first-order valence-corrected chi connectivity index (χ1v) is 16.2. The SMILES string of the molecule is C=CCc1cccc(C2C3=CCC4C(=O)N(c5cc(C(F)(F)F)cc(C(F)(F)F)c5)C(=O)C4C3CC3C(=O)N(c4ccccc4)C(=O)C32C)c1O. The molecule has 0 spiro atoms. The highest BCUT2D eigenvalue weighted by atomic mass is 19.4. The van der Waals surface area contributed by atoms with E-state index in [2.05, 4.69) is 6.58 Å². The first-order valence-electron chi connectivity index (χ1n) is 16.2. The van der Waals surface area contributed by atoms with E-state index in [4.69, 9.17) is 0 Å². The molecule has 3 fully saturated rings. The molecule has 51 heavy (non-hydrogen) atoms. The fraction of sp³-hybridized carbons (Fsp3) is 0.316. The number of imide groups is 2. The van der Waals surface area contributed by atoms with Crippen LogP contribution in [0.15, 0.2) is 91.0 Å². The minimum absolute atomic E-state index is 0.0814. The van der Waals surface area contributed by atoms with E-state index in [1.54, 1.807) is 67.6 Å². The van der Waals surface area contributed by atoms with Crippen LogP contribution in [0.2, 0.25) is 0 Å². The molecule has 1 N–H and O–H groups in total. The maximum Gasteiger partial charge on any atom is 0.416 e. The molecule has 0 radical (unpaired) electrons. The Morgan fingerprint density at radius 1 is 0.824 bits per heavy atom. The summed E-state index contributed by atoms with van der Waals surface area (Å²) in [4.78, 5) is 58.4. The zero-order chi connectivity index (χ0) is 36.8. The van der Waals surface area contributed by atoms with Crippen LogP contribution in [0.3, 0.4) is 0 Å². The predicted molar refractivity (Wildman–Crippen MR) is 172 cm³/mol. The van der Waals surface area contributed by atoms with Crippen molar-refractivity contribution in [3.8, 4) is 5.75 Å². The fourth-order valence-corrected chi connectivity index (χ4v) is 8.67. The number of para-hydroxylation sites is 2. The maximum atomic E-state index is 14.5. The number of carbonyl (C=O) groups is 4. The molecule has 1 saturated carbocycles. The van der Waals surface area contributed by atoms with E-state index in [1.807, 2.05) is 0 Å². The highest BCUT2D eigenvalue weighted by Crippen LogP contribution is 2.64. The number of hydrogen-bond acceptors (Lipinski definition) is 5. The van der Waals surface area contributed by atoms with Gasteiger partial charge in [0.2, 0.25) is 23.6 Å². The fourth-order valence-electron chi connectivity index (χ4n) is 8.67. The Kier molecular flexibility index (Phi) is 7.84. The number of hydrogen-bond donors (Lipinski definition) is 1. The third kappa shape index (κ3) is 5.10. The molecule has 264 valence electrons. The van der Waals surface area contributed by atoms with Crippen molar-refractivity contribution >= 4 is 35.0 Å². The third-order valence-electron chi connectivity index (χ3n) is 10.9. The van der Waals surface area contributed by atoms with Gasteiger partial charge >= 0.3 is 12.4 Å². The standard InChI is InChI=1S/C38H30F6N2O5/c1-3-8-19-9-7-12-26(31(19)47)30-24-13-14-25-29(27(24)18-28-33(49)46(35(51)36(28,30)2)22-10-5-4-6-11-22)34(50)45(32(25)48)23-16-20(37(39,40)41)15-21(17-23)38(42,43)44/h3-7,9-13,15-17,25,27-30,47H,1,8,14,18H2,2H3. The van der Waals surface area contributed by atoms with Crippen LogP contribution in [0.4, 0.5) is 37.7 Å². The highest BCUT2D eigenvalue weighted by molar-refractivity contribution is 6.25. The number of alkyl halides is 6. The van der Waals surface area contributed by atoms with Crippen molar-refractivity contribution in [1.29, 1.82) is 0 Å². The molecule has 3 aromatic rings. The van der Waals surface area contributed by atoms with E-state index in [-0.39, 0.29) is 31.1 Å². The van der Waals surface area contributed by atoms with E-state index >= 15 is 0 Å². The first kappa shape index (κ1) is 34.3. The van der Waals surface area contributed by atoms with Gasteiger partial charge < -0.3 is 5.11 Å². The molecule has 2 aliphatic heterocycles. The van der Waals surface area contributed by atoms with Gasteiger partial charge in [-0.15, -0.1) is 6.58 Å². The summed E-state index contributed by atoms with van der Waals surface area (Å²) in [6.07, 6.45) is -7.14. The zero-order valence-electron chi connectivity index (χ0n) is 27.0. The second kappa shape index (κ2) is 11.7. The van der Waals surface area contributed by atoms with E-state index in [1.165, 1.54) is 0 Å².